The molecule has 0 aromatic rings. The van der Waals surface area contributed by atoms with Crippen LogP contribution in [0.25, 0.3) is 0 Å². The molecule has 3 heteroatoms. The van der Waals surface area contributed by atoms with E-state index in [1.54, 1.807) is 0 Å². The molecule has 9 heavy (non-hydrogen) atoms. The summed E-state index contributed by atoms with van der Waals surface area (Å²) in [6.07, 6.45) is 0. The van der Waals surface area contributed by atoms with Gasteiger partial charge >= 0.3 is 5.24 Å². The van der Waals surface area contributed by atoms with Crippen LogP contribution >= 0.6 is 11.8 Å². The molecule has 1 aliphatic rings. The number of hydrogen-bond acceptors (Lipinski definition) is 2. The van der Waals surface area contributed by atoms with E-state index in [-0.39, 0.29) is 9.99 Å². The number of nitrogens with zero attached hydrogens (tertiary/aromatic N) is 1. The summed E-state index contributed by atoms with van der Waals surface area (Å²) in [6, 6.07) is 0. The maximum atomic E-state index is 10.6. The zero-order valence-electron chi connectivity index (χ0n) is 5.76. The molecule has 1 amide bonds. The Hall–Kier alpha value is -0.310. The number of carbonyl (C=O) groups is 1. The fourth-order valence-electron chi connectivity index (χ4n) is 0.587. The molecule has 1 aliphatic heterocycles. The molecule has 0 saturated carbocycles. The molecule has 1 rings (SSSR count). The van der Waals surface area contributed by atoms with Gasteiger partial charge in [0.25, 0.3) is 0 Å². The third kappa shape index (κ3) is 1.15. The van der Waals surface area contributed by atoms with Gasteiger partial charge in [0.05, 0.1) is 4.75 Å². The molecule has 1 heterocycles. The third-order valence-electron chi connectivity index (χ3n) is 1.47. The molecule has 0 spiro atoms. The molecule has 2 nitrogen and oxygen atoms in total. The Labute approximate surface area is 58.7 Å². The Balaban J connectivity index is 2.89. The van der Waals surface area contributed by atoms with Gasteiger partial charge in [-0.2, -0.15) is 0 Å². The Morgan fingerprint density at radius 3 is 2.22 bits per heavy atom. The van der Waals surface area contributed by atoms with Crippen molar-refractivity contribution in [2.45, 2.75) is 25.5 Å². The molecular weight excluding hydrogens is 134 g/mol. The number of aliphatic imine (C=N–C) groups is 1. The van der Waals surface area contributed by atoms with Crippen molar-refractivity contribution in [3.05, 3.63) is 0 Å². The fraction of sp³-hybridized carbons (Fsp3) is 0.667. The summed E-state index contributed by atoms with van der Waals surface area (Å²) in [6.45, 7) is 5.89. The lowest BCUT2D eigenvalue weighted by atomic mass is 10.1. The monoisotopic (exact) mass is 143 g/mol. The van der Waals surface area contributed by atoms with Gasteiger partial charge in [-0.25, -0.2) is 4.99 Å². The van der Waals surface area contributed by atoms with Crippen LogP contribution in [-0.2, 0) is 0 Å². The summed E-state index contributed by atoms with van der Waals surface area (Å²) >= 11 is 1.29. The molecule has 0 atom stereocenters. The first-order valence-corrected chi connectivity index (χ1v) is 3.63. The van der Waals surface area contributed by atoms with Crippen LogP contribution in [-0.4, -0.2) is 15.7 Å². The molecule has 0 radical (unpaired) electrons. The first-order chi connectivity index (χ1) is 4.02. The molecule has 0 unspecified atom stereocenters. The van der Waals surface area contributed by atoms with Crippen molar-refractivity contribution in [2.75, 3.05) is 0 Å². The van der Waals surface area contributed by atoms with Gasteiger partial charge in [0, 0.05) is 5.71 Å². The van der Waals surface area contributed by atoms with E-state index < -0.39 is 0 Å². The van der Waals surface area contributed by atoms with Crippen LogP contribution in [0, 0.1) is 0 Å². The summed E-state index contributed by atoms with van der Waals surface area (Å²) < 4.78 is -0.0584. The van der Waals surface area contributed by atoms with Crippen LogP contribution in [0.5, 0.6) is 0 Å². The maximum Gasteiger partial charge on any atom is 0.305 e. The summed E-state index contributed by atoms with van der Waals surface area (Å²) in [5, 5.41) is -0.0579. The van der Waals surface area contributed by atoms with Gasteiger partial charge in [0.2, 0.25) is 0 Å². The van der Waals surface area contributed by atoms with Gasteiger partial charge in [-0.1, -0.05) is 11.8 Å². The van der Waals surface area contributed by atoms with Crippen molar-refractivity contribution in [1.82, 2.24) is 0 Å². The molecule has 0 saturated heterocycles. The standard InChI is InChI=1S/C6H9NOS/c1-4-6(2,3)9-5(8)7-4/h1-3H3. The van der Waals surface area contributed by atoms with E-state index in [4.69, 9.17) is 0 Å². The lowest BCUT2D eigenvalue weighted by molar-refractivity contribution is 0.268. The third-order valence-corrected chi connectivity index (χ3v) is 2.54. The highest BCUT2D eigenvalue weighted by molar-refractivity contribution is 8.15. The van der Waals surface area contributed by atoms with Gasteiger partial charge in [0.15, 0.2) is 0 Å². The summed E-state index contributed by atoms with van der Waals surface area (Å²) in [7, 11) is 0. The molecule has 0 fully saturated rings. The van der Waals surface area contributed by atoms with Gasteiger partial charge in [-0.3, -0.25) is 4.79 Å². The lowest BCUT2D eigenvalue weighted by Crippen LogP contribution is -2.20. The Bertz CT molecular complexity index is 183. The second-order valence-corrected chi connectivity index (χ2v) is 4.15. The van der Waals surface area contributed by atoms with E-state index in [9.17, 15) is 4.79 Å². The Morgan fingerprint density at radius 2 is 2.11 bits per heavy atom. The van der Waals surface area contributed by atoms with Crippen LogP contribution in [0.1, 0.15) is 20.8 Å². The van der Waals surface area contributed by atoms with Gasteiger partial charge in [-0.15, -0.1) is 0 Å². The van der Waals surface area contributed by atoms with E-state index in [0.29, 0.717) is 0 Å². The molecule has 0 aliphatic carbocycles. The van der Waals surface area contributed by atoms with Crippen molar-refractivity contribution < 1.29 is 4.79 Å². The minimum absolute atomic E-state index is 0.0579. The van der Waals surface area contributed by atoms with Crippen LogP contribution in [0.3, 0.4) is 0 Å². The summed E-state index contributed by atoms with van der Waals surface area (Å²) in [5.41, 5.74) is 0.928. The normalized spacial score (nSPS) is 24.3. The Morgan fingerprint density at radius 1 is 1.56 bits per heavy atom. The first kappa shape index (κ1) is 6.81. The molecule has 0 aromatic carbocycles. The number of amides is 1. The molecular formula is C6H9NOS. The highest BCUT2D eigenvalue weighted by Gasteiger charge is 2.31. The predicted octanol–water partition coefficient (Wildman–Crippen LogP) is 2.09. The van der Waals surface area contributed by atoms with Gasteiger partial charge in [0.1, 0.15) is 0 Å². The van der Waals surface area contributed by atoms with Gasteiger partial charge in [-0.05, 0) is 20.8 Å². The van der Waals surface area contributed by atoms with Gasteiger partial charge < -0.3 is 0 Å². The number of thioether (sulfide) groups is 1. The van der Waals surface area contributed by atoms with Crippen LogP contribution < -0.4 is 0 Å². The minimum Gasteiger partial charge on any atom is -0.259 e. The van der Waals surface area contributed by atoms with Crippen molar-refractivity contribution in [1.29, 1.82) is 0 Å². The fourth-order valence-corrected chi connectivity index (χ4v) is 1.40. The van der Waals surface area contributed by atoms with E-state index in [2.05, 4.69) is 4.99 Å². The average Bonchev–Trinajstić information content (AvgIpc) is 1.79. The topological polar surface area (TPSA) is 29.4 Å². The van der Waals surface area contributed by atoms with Crippen molar-refractivity contribution >= 4 is 22.7 Å². The second-order valence-electron chi connectivity index (χ2n) is 2.58. The minimum atomic E-state index is -0.0584. The van der Waals surface area contributed by atoms with E-state index in [1.165, 1.54) is 11.8 Å². The molecule has 0 bridgehead atoms. The molecule has 50 valence electrons. The number of hydrogen-bond donors (Lipinski definition) is 0. The predicted molar refractivity (Wildman–Crippen MR) is 40.2 cm³/mol. The highest BCUT2D eigenvalue weighted by atomic mass is 32.2. The Kier molecular flexibility index (Phi) is 1.39. The van der Waals surface area contributed by atoms with Crippen LogP contribution in [0.2, 0.25) is 0 Å². The molecule has 0 N–H and O–H groups in total. The van der Waals surface area contributed by atoms with Crippen molar-refractivity contribution in [3.63, 3.8) is 0 Å². The highest BCUT2D eigenvalue weighted by Crippen LogP contribution is 2.33. The smallest absolute Gasteiger partial charge is 0.259 e. The average molecular weight is 143 g/mol. The zero-order chi connectivity index (χ0) is 7.07. The summed E-state index contributed by atoms with van der Waals surface area (Å²) in [5.74, 6) is 0. The van der Waals surface area contributed by atoms with E-state index in [1.807, 2.05) is 20.8 Å². The molecule has 0 aromatic heterocycles. The SMILES string of the molecule is CC1=NC(=O)SC1(C)C. The first-order valence-electron chi connectivity index (χ1n) is 2.81. The summed E-state index contributed by atoms with van der Waals surface area (Å²) in [4.78, 5) is 14.4. The second kappa shape index (κ2) is 1.84. The number of carbonyl (C=O) groups excluding carboxylic acids is 1. The quantitative estimate of drug-likeness (QED) is 0.519. The van der Waals surface area contributed by atoms with Crippen molar-refractivity contribution in [3.8, 4) is 0 Å². The van der Waals surface area contributed by atoms with Crippen LogP contribution in [0.4, 0.5) is 4.79 Å². The number of rotatable bonds is 0. The lowest BCUT2D eigenvalue weighted by Gasteiger charge is -2.13. The van der Waals surface area contributed by atoms with Crippen LogP contribution in [0.15, 0.2) is 4.99 Å². The van der Waals surface area contributed by atoms with E-state index in [0.717, 1.165) is 5.71 Å². The maximum absolute atomic E-state index is 10.6. The van der Waals surface area contributed by atoms with Crippen molar-refractivity contribution in [2.24, 2.45) is 4.99 Å². The largest absolute Gasteiger partial charge is 0.305 e. The van der Waals surface area contributed by atoms with E-state index >= 15 is 0 Å². The zero-order valence-corrected chi connectivity index (χ0v) is 6.58.